The van der Waals surface area contributed by atoms with Gasteiger partial charge in [-0.05, 0) is 96.8 Å². The summed E-state index contributed by atoms with van der Waals surface area (Å²) >= 11 is 0. The van der Waals surface area contributed by atoms with Gasteiger partial charge in [-0.2, -0.15) is 0 Å². The average molecular weight is 765 g/mol. The fraction of sp³-hybridized carbons (Fsp3) is 0.318. The van der Waals surface area contributed by atoms with E-state index in [0.717, 1.165) is 72.7 Å². The van der Waals surface area contributed by atoms with Gasteiger partial charge < -0.3 is 26.8 Å². The summed E-state index contributed by atoms with van der Waals surface area (Å²) in [6, 6.07) is 25.6. The van der Waals surface area contributed by atoms with Gasteiger partial charge in [-0.25, -0.2) is 0 Å². The van der Waals surface area contributed by atoms with Crippen molar-refractivity contribution in [3.05, 3.63) is 140 Å². The van der Waals surface area contributed by atoms with Crippen molar-refractivity contribution in [1.82, 2.24) is 0 Å². The first-order valence-electron chi connectivity index (χ1n) is 18.3. The van der Waals surface area contributed by atoms with Gasteiger partial charge in [-0.1, -0.05) is 103 Å². The third-order valence-electron chi connectivity index (χ3n) is 10.3. The zero-order chi connectivity index (χ0) is 37.9. The predicted octanol–water partition coefficient (Wildman–Crippen LogP) is 12.7. The summed E-state index contributed by atoms with van der Waals surface area (Å²) in [7, 11) is -6.57. The first-order valence-corrected chi connectivity index (χ1v) is 23.4. The van der Waals surface area contributed by atoms with Crippen LogP contribution in [0.5, 0.6) is 28.7 Å². The molecule has 0 unspecified atom stereocenters. The molecule has 7 rings (SSSR count). The lowest BCUT2D eigenvalue weighted by atomic mass is 9.87. The third kappa shape index (κ3) is 7.34. The molecule has 0 saturated carbocycles. The second kappa shape index (κ2) is 14.4. The first-order chi connectivity index (χ1) is 25.1. The fourth-order valence-electron chi connectivity index (χ4n) is 7.84. The van der Waals surface area contributed by atoms with Crippen LogP contribution in [-0.4, -0.2) is 8.32 Å². The number of para-hydroxylation sites is 1. The number of hydrogen-bond acceptors (Lipinski definition) is 6. The van der Waals surface area contributed by atoms with Gasteiger partial charge in [0.25, 0.3) is 0 Å². The van der Waals surface area contributed by atoms with Crippen LogP contribution in [0.25, 0.3) is 0 Å². The van der Waals surface area contributed by atoms with Gasteiger partial charge >= 0.3 is 17.2 Å². The third-order valence-corrected chi connectivity index (χ3v) is 16.1. The van der Waals surface area contributed by atoms with Crippen molar-refractivity contribution in [1.29, 1.82) is 0 Å². The van der Waals surface area contributed by atoms with Crippen molar-refractivity contribution < 1.29 is 26.8 Å². The second-order valence-electron chi connectivity index (χ2n) is 15.4. The highest BCUT2D eigenvalue weighted by Crippen LogP contribution is 2.55. The van der Waals surface area contributed by atoms with E-state index in [2.05, 4.69) is 137 Å². The van der Waals surface area contributed by atoms with Crippen LogP contribution in [0.2, 0.25) is 13.1 Å². The topological polar surface area (TPSA) is 55.4 Å². The van der Waals surface area contributed by atoms with E-state index in [-0.39, 0.29) is 11.8 Å². The molecule has 0 N–H and O–H groups in total. The van der Waals surface area contributed by atoms with E-state index in [9.17, 15) is 0 Å². The van der Waals surface area contributed by atoms with E-state index in [1.807, 2.05) is 18.2 Å². The Morgan fingerprint density at radius 1 is 0.491 bits per heavy atom. The average Bonchev–Trinajstić information content (AvgIpc) is 3.07. The number of rotatable bonds is 5. The Hall–Kier alpha value is -3.86. The molecule has 0 radical (unpaired) electrons. The van der Waals surface area contributed by atoms with Gasteiger partial charge in [0.15, 0.2) is 0 Å². The van der Waals surface area contributed by atoms with Crippen molar-refractivity contribution in [2.75, 3.05) is 0 Å². The highest BCUT2D eigenvalue weighted by Gasteiger charge is 2.40. The zero-order valence-electron chi connectivity index (χ0n) is 32.9. The number of fused-ring (bicyclic) bond motifs is 4. The molecule has 53 heavy (non-hydrogen) atoms. The highest BCUT2D eigenvalue weighted by atomic mass is 31.2. The van der Waals surface area contributed by atoms with Crippen molar-refractivity contribution in [2.45, 2.75) is 94.2 Å². The second-order valence-corrected chi connectivity index (χ2v) is 21.5. The molecule has 5 aromatic carbocycles. The maximum atomic E-state index is 7.09. The number of hydrogen-bond donors (Lipinski definition) is 0. The zero-order valence-corrected chi connectivity index (χ0v) is 35.7. The summed E-state index contributed by atoms with van der Waals surface area (Å²) in [6.45, 7) is 25.7. The molecule has 0 aromatic heterocycles. The SMILES string of the molecule is Cc1cc(C)c2c(c1)C(C)c1cc(C)cc(C)c1OP(Oc1ccccc1[Si](C)(C)OP1Oc3c(C)cc(C)cc3C(C)c3cc(C)cc(C)c3O1)O2. The minimum absolute atomic E-state index is 0.0748. The van der Waals surface area contributed by atoms with E-state index in [4.69, 9.17) is 26.8 Å². The van der Waals surface area contributed by atoms with Crippen molar-refractivity contribution >= 4 is 30.7 Å². The molecule has 6 nitrogen and oxygen atoms in total. The molecule has 276 valence electrons. The molecule has 2 aliphatic rings. The molecule has 0 fully saturated rings. The Labute approximate surface area is 318 Å². The molecule has 0 atom stereocenters. The summed E-state index contributed by atoms with van der Waals surface area (Å²) < 4.78 is 41.1. The number of aryl methyl sites for hydroxylation is 8. The van der Waals surface area contributed by atoms with E-state index in [1.165, 1.54) is 22.3 Å². The van der Waals surface area contributed by atoms with Crippen LogP contribution in [-0.2, 0) is 4.21 Å². The van der Waals surface area contributed by atoms with Crippen molar-refractivity contribution in [3.63, 3.8) is 0 Å². The Balaban J connectivity index is 1.26. The van der Waals surface area contributed by atoms with E-state index < -0.39 is 25.5 Å². The van der Waals surface area contributed by atoms with Gasteiger partial charge in [-0.15, -0.1) is 0 Å². The summed E-state index contributed by atoms with van der Waals surface area (Å²) in [6.07, 6.45) is 0. The molecule has 0 spiro atoms. The molecular formula is C44H50O6P2Si. The molecule has 0 bridgehead atoms. The summed E-state index contributed by atoms with van der Waals surface area (Å²) in [5.41, 5.74) is 13.6. The standard InChI is InChI=1S/C44H50O6P2Si/c1-25-17-29(5)41-35(21-25)33(9)36-22-26(2)18-30(6)42(36)47-51(46-41)45-39-15-13-14-16-40(39)53(11,12)50-52-48-43-31(7)19-27(3)23-37(43)34(10)38-24-28(4)20-32(8)44(38)49-52/h13-24,33-34H,1-12H3. The smallest absolute Gasteiger partial charge is 0.418 e. The molecule has 5 aromatic rings. The van der Waals surface area contributed by atoms with Crippen LogP contribution in [0.3, 0.4) is 0 Å². The monoisotopic (exact) mass is 764 g/mol. The molecule has 9 heteroatoms. The Kier molecular flexibility index (Phi) is 10.2. The Bertz CT molecular complexity index is 2110. The van der Waals surface area contributed by atoms with Gasteiger partial charge in [0.05, 0.1) is 0 Å². The molecular weight excluding hydrogens is 715 g/mol. The largest absolute Gasteiger partial charge is 0.530 e. The molecule has 0 aliphatic carbocycles. The van der Waals surface area contributed by atoms with Crippen LogP contribution in [0.15, 0.2) is 72.8 Å². The lowest BCUT2D eigenvalue weighted by Crippen LogP contribution is -2.44. The van der Waals surface area contributed by atoms with Crippen LogP contribution in [0, 0.1) is 55.4 Å². The van der Waals surface area contributed by atoms with Crippen LogP contribution < -0.4 is 27.8 Å². The van der Waals surface area contributed by atoms with Gasteiger partial charge in [0.1, 0.15) is 28.7 Å². The molecule has 2 aliphatic heterocycles. The summed E-state index contributed by atoms with van der Waals surface area (Å²) in [5.74, 6) is 4.10. The van der Waals surface area contributed by atoms with Gasteiger partial charge in [-0.3, -0.25) is 0 Å². The molecule has 0 saturated heterocycles. The Morgan fingerprint density at radius 3 is 1.21 bits per heavy atom. The maximum absolute atomic E-state index is 7.09. The Morgan fingerprint density at radius 2 is 0.830 bits per heavy atom. The normalized spacial score (nSPS) is 19.2. The fourth-order valence-corrected chi connectivity index (χ4v) is 13.4. The van der Waals surface area contributed by atoms with Crippen LogP contribution in [0.1, 0.15) is 92.4 Å². The van der Waals surface area contributed by atoms with Crippen molar-refractivity contribution in [3.8, 4) is 28.7 Å². The van der Waals surface area contributed by atoms with Crippen LogP contribution in [0.4, 0.5) is 0 Å². The van der Waals surface area contributed by atoms with Crippen molar-refractivity contribution in [2.24, 2.45) is 0 Å². The number of benzene rings is 5. The van der Waals surface area contributed by atoms with Crippen LogP contribution >= 0.6 is 17.2 Å². The molecule has 2 heterocycles. The minimum atomic E-state index is -2.81. The minimum Gasteiger partial charge on any atom is -0.418 e. The van der Waals surface area contributed by atoms with Gasteiger partial charge in [0.2, 0.25) is 8.32 Å². The lowest BCUT2D eigenvalue weighted by Gasteiger charge is -2.34. The molecule has 0 amide bonds. The quantitative estimate of drug-likeness (QED) is 0.131. The van der Waals surface area contributed by atoms with E-state index in [1.54, 1.807) is 0 Å². The predicted molar refractivity (Wildman–Crippen MR) is 220 cm³/mol. The summed E-state index contributed by atoms with van der Waals surface area (Å²) in [5, 5.41) is 0.957. The maximum Gasteiger partial charge on any atom is 0.530 e. The van der Waals surface area contributed by atoms with Gasteiger partial charge in [0, 0.05) is 39.3 Å². The lowest BCUT2D eigenvalue weighted by molar-refractivity contribution is 0.373. The van der Waals surface area contributed by atoms with E-state index in [0.29, 0.717) is 5.75 Å². The first kappa shape index (κ1) is 37.5. The van der Waals surface area contributed by atoms with E-state index >= 15 is 0 Å². The summed E-state index contributed by atoms with van der Waals surface area (Å²) in [4.78, 5) is 0. The highest BCUT2D eigenvalue weighted by molar-refractivity contribution is 7.45.